The summed E-state index contributed by atoms with van der Waals surface area (Å²) < 4.78 is 0. The zero-order valence-corrected chi connectivity index (χ0v) is 13.8. The van der Waals surface area contributed by atoms with E-state index in [0.29, 0.717) is 0 Å². The predicted molar refractivity (Wildman–Crippen MR) is 63.3 cm³/mol. The van der Waals surface area contributed by atoms with E-state index in [9.17, 15) is 4.79 Å². The molecule has 0 atom stereocenters. The fourth-order valence-corrected chi connectivity index (χ4v) is 1.32. The zero-order chi connectivity index (χ0) is 9.68. The molecule has 0 fully saturated rings. The average Bonchev–Trinajstić information content (AvgIpc) is 2.08. The van der Waals surface area contributed by atoms with Gasteiger partial charge in [-0.1, -0.05) is 24.3 Å². The fraction of sp³-hybridized carbons (Fsp3) is 0.364. The van der Waals surface area contributed by atoms with Gasteiger partial charge in [0.15, 0.2) is 0 Å². The smallest absolute Gasteiger partial charge is 0.303 e. The molecule has 0 spiro atoms. The Balaban J connectivity index is 0. The number of carbonyl (C=O) groups is 1. The molecule has 0 saturated carbocycles. The minimum Gasteiger partial charge on any atom is -0.481 e. The molecule has 0 amide bonds. The molecule has 0 heterocycles. The van der Waals surface area contributed by atoms with Crippen molar-refractivity contribution < 1.29 is 9.90 Å². The minimum absolute atomic E-state index is 0. The molecule has 0 saturated heterocycles. The Morgan fingerprint density at radius 2 is 1.87 bits per heavy atom. The summed E-state index contributed by atoms with van der Waals surface area (Å²) in [6.45, 7) is 2.05. The first-order valence-electron chi connectivity index (χ1n) is 4.46. The first-order valence-corrected chi connectivity index (χ1v) is 4.46. The largest absolute Gasteiger partial charge is 0.481 e. The topological polar surface area (TPSA) is 37.3 Å². The maximum atomic E-state index is 10.3. The van der Waals surface area contributed by atoms with E-state index in [1.165, 1.54) is 11.1 Å². The van der Waals surface area contributed by atoms with Crippen molar-refractivity contribution in [3.63, 3.8) is 0 Å². The quantitative estimate of drug-likeness (QED) is 0.789. The number of aryl methyl sites for hydroxylation is 2. The van der Waals surface area contributed by atoms with Crippen LogP contribution in [0.1, 0.15) is 24.0 Å². The molecule has 0 aliphatic carbocycles. The first kappa shape index (κ1) is 18.1. The molecular formula is C11H14Na2O2. The van der Waals surface area contributed by atoms with Crippen LogP contribution in [0.2, 0.25) is 0 Å². The second-order valence-electron chi connectivity index (χ2n) is 3.17. The summed E-state index contributed by atoms with van der Waals surface area (Å²) in [4.78, 5) is 10.3. The molecule has 0 aromatic heterocycles. The van der Waals surface area contributed by atoms with Crippen LogP contribution in [0.25, 0.3) is 0 Å². The Kier molecular flexibility index (Phi) is 11.9. The standard InChI is InChI=1S/C11H14O2.2Na/c1-9-5-2-3-6-10(9)7-4-8-11(12)13;;/h2-3,5-6H,4,7-8H2,1H3,(H,12,13);;. The van der Waals surface area contributed by atoms with Gasteiger partial charge in [-0.3, -0.25) is 4.79 Å². The summed E-state index contributed by atoms with van der Waals surface area (Å²) in [7, 11) is 0. The summed E-state index contributed by atoms with van der Waals surface area (Å²) in [5, 5.41) is 8.46. The van der Waals surface area contributed by atoms with E-state index >= 15 is 0 Å². The molecule has 0 aliphatic heterocycles. The van der Waals surface area contributed by atoms with Crippen molar-refractivity contribution in [3.8, 4) is 0 Å². The van der Waals surface area contributed by atoms with Gasteiger partial charge < -0.3 is 5.11 Å². The molecular weight excluding hydrogens is 210 g/mol. The Morgan fingerprint density at radius 3 is 2.40 bits per heavy atom. The third kappa shape index (κ3) is 7.56. The van der Waals surface area contributed by atoms with Crippen LogP contribution in [0.3, 0.4) is 0 Å². The van der Waals surface area contributed by atoms with E-state index in [1.54, 1.807) is 0 Å². The SMILES string of the molecule is Cc1ccccc1CCCC(=O)O.[Na].[Na]. The third-order valence-corrected chi connectivity index (χ3v) is 2.10. The normalized spacial score (nSPS) is 8.60. The number of rotatable bonds is 4. The van der Waals surface area contributed by atoms with Crippen LogP contribution in [-0.2, 0) is 11.2 Å². The van der Waals surface area contributed by atoms with Crippen molar-refractivity contribution in [2.24, 2.45) is 0 Å². The Hall–Kier alpha value is 0.690. The number of aliphatic carboxylic acids is 1. The molecule has 0 bridgehead atoms. The zero-order valence-electron chi connectivity index (χ0n) is 9.79. The molecule has 4 heteroatoms. The molecule has 2 nitrogen and oxygen atoms in total. The van der Waals surface area contributed by atoms with Gasteiger partial charge in [0.25, 0.3) is 0 Å². The van der Waals surface area contributed by atoms with Gasteiger partial charge in [0.05, 0.1) is 0 Å². The van der Waals surface area contributed by atoms with E-state index in [2.05, 4.69) is 19.1 Å². The van der Waals surface area contributed by atoms with Crippen molar-refractivity contribution in [2.45, 2.75) is 26.2 Å². The molecule has 1 aromatic rings. The van der Waals surface area contributed by atoms with Crippen LogP contribution in [0.4, 0.5) is 0 Å². The van der Waals surface area contributed by atoms with Crippen LogP contribution in [0.15, 0.2) is 24.3 Å². The first-order chi connectivity index (χ1) is 6.20. The minimum atomic E-state index is -0.714. The maximum Gasteiger partial charge on any atom is 0.303 e. The van der Waals surface area contributed by atoms with Gasteiger partial charge in [-0.05, 0) is 30.9 Å². The van der Waals surface area contributed by atoms with Crippen LogP contribution >= 0.6 is 0 Å². The Bertz CT molecular complexity index is 300. The number of carboxylic acids is 1. The van der Waals surface area contributed by atoms with Gasteiger partial charge in [0, 0.05) is 65.5 Å². The molecule has 1 N–H and O–H groups in total. The monoisotopic (exact) mass is 224 g/mol. The second kappa shape index (κ2) is 9.88. The van der Waals surface area contributed by atoms with Gasteiger partial charge in [-0.2, -0.15) is 0 Å². The van der Waals surface area contributed by atoms with E-state index < -0.39 is 5.97 Å². The van der Waals surface area contributed by atoms with Crippen LogP contribution in [0.5, 0.6) is 0 Å². The Morgan fingerprint density at radius 1 is 1.27 bits per heavy atom. The molecule has 72 valence electrons. The summed E-state index contributed by atoms with van der Waals surface area (Å²) >= 11 is 0. The van der Waals surface area contributed by atoms with E-state index in [1.807, 2.05) is 12.1 Å². The van der Waals surface area contributed by atoms with Crippen molar-refractivity contribution in [1.29, 1.82) is 0 Å². The van der Waals surface area contributed by atoms with Crippen LogP contribution < -0.4 is 0 Å². The van der Waals surface area contributed by atoms with E-state index in [0.717, 1.165) is 12.8 Å². The van der Waals surface area contributed by atoms with Crippen molar-refractivity contribution >= 4 is 65.1 Å². The second-order valence-corrected chi connectivity index (χ2v) is 3.17. The van der Waals surface area contributed by atoms with Gasteiger partial charge >= 0.3 is 5.97 Å². The molecule has 2 radical (unpaired) electrons. The molecule has 1 rings (SSSR count). The summed E-state index contributed by atoms with van der Waals surface area (Å²) in [6.07, 6.45) is 1.84. The maximum absolute atomic E-state index is 10.3. The van der Waals surface area contributed by atoms with Crippen LogP contribution in [-0.4, -0.2) is 70.2 Å². The van der Waals surface area contributed by atoms with Gasteiger partial charge in [-0.15, -0.1) is 0 Å². The molecule has 1 aromatic carbocycles. The number of hydrogen-bond donors (Lipinski definition) is 1. The number of benzene rings is 1. The third-order valence-electron chi connectivity index (χ3n) is 2.10. The Labute approximate surface area is 135 Å². The molecule has 15 heavy (non-hydrogen) atoms. The summed E-state index contributed by atoms with van der Waals surface area (Å²) in [5.74, 6) is -0.714. The number of hydrogen-bond acceptors (Lipinski definition) is 1. The molecule has 0 aliphatic rings. The van der Waals surface area contributed by atoms with Crippen LogP contribution in [0, 0.1) is 6.92 Å². The summed E-state index contributed by atoms with van der Waals surface area (Å²) in [5.41, 5.74) is 2.50. The van der Waals surface area contributed by atoms with Crippen molar-refractivity contribution in [3.05, 3.63) is 35.4 Å². The summed E-state index contributed by atoms with van der Waals surface area (Å²) in [6, 6.07) is 8.09. The number of carboxylic acid groups (broad SMARTS) is 1. The van der Waals surface area contributed by atoms with Gasteiger partial charge in [0.2, 0.25) is 0 Å². The van der Waals surface area contributed by atoms with Gasteiger partial charge in [-0.25, -0.2) is 0 Å². The average molecular weight is 224 g/mol. The van der Waals surface area contributed by atoms with Gasteiger partial charge in [0.1, 0.15) is 0 Å². The fourth-order valence-electron chi connectivity index (χ4n) is 1.32. The van der Waals surface area contributed by atoms with E-state index in [-0.39, 0.29) is 65.5 Å². The molecule has 0 unspecified atom stereocenters. The van der Waals surface area contributed by atoms with Crippen molar-refractivity contribution in [1.82, 2.24) is 0 Å². The van der Waals surface area contributed by atoms with Crippen molar-refractivity contribution in [2.75, 3.05) is 0 Å². The predicted octanol–water partition coefficient (Wildman–Crippen LogP) is 1.64. The van der Waals surface area contributed by atoms with E-state index in [4.69, 9.17) is 5.11 Å².